The van der Waals surface area contributed by atoms with Crippen molar-refractivity contribution < 1.29 is 14.5 Å². The van der Waals surface area contributed by atoms with Gasteiger partial charge in [0.2, 0.25) is 5.95 Å². The highest BCUT2D eigenvalue weighted by Gasteiger charge is 2.52. The lowest BCUT2D eigenvalue weighted by Crippen LogP contribution is -2.64. The van der Waals surface area contributed by atoms with Crippen molar-refractivity contribution in [2.45, 2.75) is 71.1 Å². The van der Waals surface area contributed by atoms with Crippen LogP contribution in [-0.4, -0.2) is 72.0 Å². The first-order valence-electron chi connectivity index (χ1n) is 15.5. The molecular weight excluding hydrogens is 623 g/mol. The number of anilines is 3. The van der Waals surface area contributed by atoms with Gasteiger partial charge >= 0.3 is 5.91 Å². The lowest BCUT2D eigenvalue weighted by molar-refractivity contribution is -0.840. The number of aromatic nitrogens is 5. The van der Waals surface area contributed by atoms with Gasteiger partial charge in [-0.25, -0.2) is 29.7 Å². The number of carbonyl (C=O) groups excluding carboxylic acids is 1. The SMILES string of the molecule is CN=Cc1cnc(NC2(CC[N+]([O-])(C(=O)c3ccc(Nc4nc(-c5sc(C(C)O)nc5C)cs4)nc3)[C@H]3CC(C)[C@H]3C)CC2)nc1. The molecule has 5 atom stereocenters. The molecule has 0 bridgehead atoms. The number of aryl methyl sites for hydroxylation is 1. The number of nitrogens with one attached hydrogen (secondary N) is 2. The number of hydrogen-bond donors (Lipinski definition) is 3. The molecule has 0 radical (unpaired) electrons. The van der Waals surface area contributed by atoms with E-state index in [0.717, 1.165) is 41.1 Å². The van der Waals surface area contributed by atoms with Crippen LogP contribution in [0, 0.1) is 24.0 Å². The molecule has 4 heterocycles. The number of quaternary nitrogens is 1. The smallest absolute Gasteiger partial charge is 0.347 e. The molecule has 3 N–H and O–H groups in total. The van der Waals surface area contributed by atoms with Gasteiger partial charge in [-0.3, -0.25) is 9.64 Å². The zero-order valence-electron chi connectivity index (χ0n) is 26.6. The number of hydrogen-bond acceptors (Lipinski definition) is 13. The molecule has 2 fully saturated rings. The predicted octanol–water partition coefficient (Wildman–Crippen LogP) is 6.14. The second-order valence-electron chi connectivity index (χ2n) is 12.6. The third-order valence-electron chi connectivity index (χ3n) is 9.25. The molecule has 14 heteroatoms. The average Bonchev–Trinajstić information content (AvgIpc) is 3.46. The third kappa shape index (κ3) is 6.58. The Bertz CT molecular complexity index is 1720. The average molecular weight is 662 g/mol. The van der Waals surface area contributed by atoms with Gasteiger partial charge in [0.1, 0.15) is 16.9 Å². The largest absolute Gasteiger partial charge is 0.625 e. The summed E-state index contributed by atoms with van der Waals surface area (Å²) in [5, 5.41) is 34.4. The first-order chi connectivity index (χ1) is 22.0. The number of nitrogens with zero attached hydrogens (tertiary/aromatic N) is 7. The maximum Gasteiger partial charge on any atom is 0.347 e. The van der Waals surface area contributed by atoms with Gasteiger partial charge in [-0.05, 0) is 44.7 Å². The van der Waals surface area contributed by atoms with E-state index in [4.69, 9.17) is 0 Å². The van der Waals surface area contributed by atoms with Crippen molar-refractivity contribution in [2.75, 3.05) is 24.2 Å². The van der Waals surface area contributed by atoms with Crippen LogP contribution in [0.5, 0.6) is 0 Å². The monoisotopic (exact) mass is 661 g/mol. The number of thiazole rings is 2. The number of aliphatic hydroxyl groups is 1. The molecular formula is C32H39N9O3S2. The fraction of sp³-hybridized carbons (Fsp3) is 0.469. The topological polar surface area (TPSA) is 161 Å². The van der Waals surface area contributed by atoms with Crippen molar-refractivity contribution in [1.29, 1.82) is 0 Å². The van der Waals surface area contributed by atoms with Crippen LogP contribution < -0.4 is 10.6 Å². The molecule has 2 aliphatic rings. The molecule has 12 nitrogen and oxygen atoms in total. The second-order valence-corrected chi connectivity index (χ2v) is 14.5. The van der Waals surface area contributed by atoms with Crippen molar-refractivity contribution in [1.82, 2.24) is 24.9 Å². The predicted molar refractivity (Wildman–Crippen MR) is 181 cm³/mol. The zero-order chi connectivity index (χ0) is 32.6. The Morgan fingerprint density at radius 1 is 1.22 bits per heavy atom. The summed E-state index contributed by atoms with van der Waals surface area (Å²) in [6.07, 6.45) is 9.01. The Balaban J connectivity index is 1.14. The van der Waals surface area contributed by atoms with Crippen LogP contribution in [0.3, 0.4) is 0 Å². The number of hydroxylamine groups is 3. The van der Waals surface area contributed by atoms with Crippen LogP contribution in [-0.2, 0) is 0 Å². The quantitative estimate of drug-likeness (QED) is 0.0914. The summed E-state index contributed by atoms with van der Waals surface area (Å²) in [6, 6.07) is 3.09. The van der Waals surface area contributed by atoms with E-state index >= 15 is 0 Å². The summed E-state index contributed by atoms with van der Waals surface area (Å²) in [5.41, 5.74) is 2.42. The van der Waals surface area contributed by atoms with Gasteiger partial charge in [0.15, 0.2) is 5.13 Å². The number of carbonyl (C=O) groups is 1. The second kappa shape index (κ2) is 12.8. The van der Waals surface area contributed by atoms with Crippen molar-refractivity contribution in [3.63, 3.8) is 0 Å². The standard InChI is InChI=1S/C32H39N9O3S2/c1-18-12-25(19(18)2)41(44,11-10-32(8-9-32)40-30-35-14-22(13-33-5)15-36-30)29(43)23-6-7-26(34-16-23)39-31-38-24(17-45-31)27-20(3)37-28(46-27)21(4)42/h6-7,13-19,21,25,42H,8-12H2,1-5H3,(H,34,38,39)(H,35,36,40)/t18?,19-,21?,25+,41?/m1/s1. The van der Waals surface area contributed by atoms with Gasteiger partial charge in [0, 0.05) is 67.1 Å². The van der Waals surface area contributed by atoms with E-state index in [2.05, 4.69) is 54.4 Å². The van der Waals surface area contributed by atoms with E-state index in [9.17, 15) is 15.1 Å². The minimum absolute atomic E-state index is 0.146. The molecule has 0 saturated heterocycles. The number of aliphatic hydroxyl groups excluding tert-OH is 1. The molecule has 46 heavy (non-hydrogen) atoms. The van der Waals surface area contributed by atoms with E-state index < -0.39 is 16.7 Å². The van der Waals surface area contributed by atoms with Crippen LogP contribution in [0.25, 0.3) is 10.6 Å². The summed E-state index contributed by atoms with van der Waals surface area (Å²) >= 11 is 2.85. The summed E-state index contributed by atoms with van der Waals surface area (Å²) in [7, 11) is 1.70. The number of pyridine rings is 1. The van der Waals surface area contributed by atoms with Gasteiger partial charge < -0.3 is 20.9 Å². The summed E-state index contributed by atoms with van der Waals surface area (Å²) in [4.78, 5) is 41.3. The first-order valence-corrected chi connectivity index (χ1v) is 17.2. The van der Waals surface area contributed by atoms with Crippen molar-refractivity contribution in [3.8, 4) is 10.6 Å². The highest BCUT2D eigenvalue weighted by molar-refractivity contribution is 7.17. The Kier molecular flexibility index (Phi) is 9.00. The fourth-order valence-corrected chi connectivity index (χ4v) is 7.72. The molecule has 2 aliphatic carbocycles. The van der Waals surface area contributed by atoms with Crippen LogP contribution >= 0.6 is 22.7 Å². The van der Waals surface area contributed by atoms with Gasteiger partial charge in [-0.2, -0.15) is 0 Å². The van der Waals surface area contributed by atoms with Crippen LogP contribution in [0.15, 0.2) is 41.1 Å². The van der Waals surface area contributed by atoms with Crippen molar-refractivity contribution in [2.24, 2.45) is 16.8 Å². The molecule has 6 rings (SSSR count). The van der Waals surface area contributed by atoms with Gasteiger partial charge in [0.05, 0.1) is 34.4 Å². The van der Waals surface area contributed by atoms with E-state index in [-0.39, 0.29) is 24.0 Å². The number of aliphatic imine (C=N–C) groups is 1. The lowest BCUT2D eigenvalue weighted by atomic mass is 9.70. The normalized spacial score (nSPS) is 22.2. The van der Waals surface area contributed by atoms with Gasteiger partial charge in [-0.15, -0.1) is 22.7 Å². The minimum atomic E-state index is -0.894. The number of rotatable bonds is 12. The third-order valence-corrected chi connectivity index (χ3v) is 11.4. The molecule has 4 aromatic rings. The minimum Gasteiger partial charge on any atom is -0.625 e. The molecule has 0 aliphatic heterocycles. The summed E-state index contributed by atoms with van der Waals surface area (Å²) in [5.74, 6) is 1.13. The maximum absolute atomic E-state index is 14.6. The Hall–Kier alpha value is -3.69. The molecule has 4 aromatic heterocycles. The van der Waals surface area contributed by atoms with Crippen molar-refractivity contribution in [3.05, 3.63) is 63.1 Å². The Morgan fingerprint density at radius 3 is 2.57 bits per heavy atom. The van der Waals surface area contributed by atoms with E-state index in [1.165, 1.54) is 28.9 Å². The van der Waals surface area contributed by atoms with Crippen molar-refractivity contribution >= 4 is 51.7 Å². The lowest BCUT2D eigenvalue weighted by Gasteiger charge is -2.55. The van der Waals surface area contributed by atoms with E-state index in [1.54, 1.807) is 44.7 Å². The Morgan fingerprint density at radius 2 is 1.98 bits per heavy atom. The Labute approximate surface area is 276 Å². The van der Waals surface area contributed by atoms with Crippen LogP contribution in [0.4, 0.5) is 16.9 Å². The van der Waals surface area contributed by atoms with Crippen LogP contribution in [0.2, 0.25) is 0 Å². The molecule has 1 amide bonds. The maximum atomic E-state index is 14.6. The highest BCUT2D eigenvalue weighted by Crippen LogP contribution is 2.46. The first kappa shape index (κ1) is 32.3. The molecule has 0 aromatic carbocycles. The summed E-state index contributed by atoms with van der Waals surface area (Å²) < 4.78 is -0.894. The molecule has 242 valence electrons. The molecule has 2 saturated carbocycles. The fourth-order valence-electron chi connectivity index (χ4n) is 5.98. The summed E-state index contributed by atoms with van der Waals surface area (Å²) in [6.45, 7) is 7.98. The van der Waals surface area contributed by atoms with Gasteiger partial charge in [-0.1, -0.05) is 13.8 Å². The molecule has 3 unspecified atom stereocenters. The zero-order valence-corrected chi connectivity index (χ0v) is 28.2. The highest BCUT2D eigenvalue weighted by atomic mass is 32.1. The van der Waals surface area contributed by atoms with Gasteiger partial charge in [0.25, 0.3) is 0 Å². The number of amides is 1. The van der Waals surface area contributed by atoms with Crippen LogP contribution in [0.1, 0.15) is 79.2 Å². The van der Waals surface area contributed by atoms with E-state index in [1.807, 2.05) is 12.3 Å². The molecule has 0 spiro atoms. The van der Waals surface area contributed by atoms with E-state index in [0.29, 0.717) is 39.8 Å².